The first-order chi connectivity index (χ1) is 14.4. The molecule has 1 fully saturated rings. The van der Waals surface area contributed by atoms with E-state index in [1.165, 1.54) is 12.1 Å². The Hall–Kier alpha value is -2.87. The molecule has 1 aliphatic heterocycles. The zero-order chi connectivity index (χ0) is 21.9. The van der Waals surface area contributed by atoms with Crippen LogP contribution in [-0.2, 0) is 22.4 Å². The summed E-state index contributed by atoms with van der Waals surface area (Å²) in [6, 6.07) is 9.42. The summed E-state index contributed by atoms with van der Waals surface area (Å²) in [4.78, 5) is 29.5. The molecule has 1 aromatic heterocycles. The van der Waals surface area contributed by atoms with Crippen molar-refractivity contribution in [3.63, 3.8) is 0 Å². The molecule has 30 heavy (non-hydrogen) atoms. The van der Waals surface area contributed by atoms with Gasteiger partial charge in [0.05, 0.1) is 6.42 Å². The lowest BCUT2D eigenvalue weighted by Crippen LogP contribution is -2.36. The average Bonchev–Trinajstić information content (AvgIpc) is 2.95. The van der Waals surface area contributed by atoms with Gasteiger partial charge in [0.2, 0.25) is 5.91 Å². The van der Waals surface area contributed by atoms with Crippen LogP contribution in [0.4, 0.5) is 8.78 Å². The van der Waals surface area contributed by atoms with Crippen LogP contribution in [0.15, 0.2) is 36.4 Å². The second-order valence-corrected chi connectivity index (χ2v) is 7.11. The highest BCUT2D eigenvalue weighted by Gasteiger charge is 2.20. The Kier molecular flexibility index (Phi) is 9.34. The smallest absolute Gasteiger partial charge is 0.290 e. The lowest BCUT2D eigenvalue weighted by Gasteiger charge is -2.22. The van der Waals surface area contributed by atoms with Gasteiger partial charge < -0.3 is 14.9 Å². The third kappa shape index (κ3) is 7.51. The second-order valence-electron chi connectivity index (χ2n) is 7.11. The SMILES string of the molecule is Cc1cccc(CCN2CCCN(C(=O)Cc3ccc(F)cc3F)CC2)n1.O=CO. The third-order valence-electron chi connectivity index (χ3n) is 4.93. The fraction of sp³-hybridized carbons (Fsp3) is 0.409. The highest BCUT2D eigenvalue weighted by Crippen LogP contribution is 2.13. The molecule has 0 saturated carbocycles. The van der Waals surface area contributed by atoms with Crippen LogP contribution in [0.25, 0.3) is 0 Å². The van der Waals surface area contributed by atoms with Crippen LogP contribution in [0.3, 0.4) is 0 Å². The van der Waals surface area contributed by atoms with Gasteiger partial charge in [0.25, 0.3) is 6.47 Å². The van der Waals surface area contributed by atoms with Crippen LogP contribution in [0.5, 0.6) is 0 Å². The van der Waals surface area contributed by atoms with Crippen LogP contribution >= 0.6 is 0 Å². The van der Waals surface area contributed by atoms with Crippen molar-refractivity contribution in [2.75, 3.05) is 32.7 Å². The molecular weight excluding hydrogens is 392 g/mol. The van der Waals surface area contributed by atoms with E-state index < -0.39 is 11.6 Å². The standard InChI is InChI=1S/C21H25F2N3O.CH2O2/c1-16-4-2-5-19(24-16)8-11-25-9-3-10-26(13-12-25)21(27)14-17-6-7-18(22)15-20(17)23;2-1-3/h2,4-7,15H,3,8-14H2,1H3;1H,(H,2,3). The molecule has 0 unspecified atom stereocenters. The number of halogens is 2. The minimum atomic E-state index is -0.662. The summed E-state index contributed by atoms with van der Waals surface area (Å²) >= 11 is 0. The first-order valence-corrected chi connectivity index (χ1v) is 9.87. The number of aryl methyl sites for hydroxylation is 1. The lowest BCUT2D eigenvalue weighted by atomic mass is 10.1. The molecule has 1 aromatic carbocycles. The number of benzene rings is 1. The average molecular weight is 419 g/mol. The largest absolute Gasteiger partial charge is 0.483 e. The van der Waals surface area contributed by atoms with Gasteiger partial charge in [0, 0.05) is 50.1 Å². The van der Waals surface area contributed by atoms with Gasteiger partial charge >= 0.3 is 0 Å². The van der Waals surface area contributed by atoms with Gasteiger partial charge in [0.15, 0.2) is 0 Å². The third-order valence-corrected chi connectivity index (χ3v) is 4.93. The van der Waals surface area contributed by atoms with E-state index in [1.807, 2.05) is 25.1 Å². The van der Waals surface area contributed by atoms with Crippen molar-refractivity contribution in [3.8, 4) is 0 Å². The summed E-state index contributed by atoms with van der Waals surface area (Å²) in [5, 5.41) is 6.89. The maximum absolute atomic E-state index is 13.8. The zero-order valence-corrected chi connectivity index (χ0v) is 17.1. The maximum Gasteiger partial charge on any atom is 0.290 e. The molecule has 0 radical (unpaired) electrons. The first kappa shape index (κ1) is 23.4. The van der Waals surface area contributed by atoms with Gasteiger partial charge in [-0.2, -0.15) is 0 Å². The van der Waals surface area contributed by atoms with E-state index in [1.54, 1.807) is 4.90 Å². The van der Waals surface area contributed by atoms with E-state index in [2.05, 4.69) is 9.88 Å². The molecule has 1 N–H and O–H groups in total. The van der Waals surface area contributed by atoms with E-state index in [9.17, 15) is 13.6 Å². The monoisotopic (exact) mass is 419 g/mol. The zero-order valence-electron chi connectivity index (χ0n) is 17.1. The number of hydrogen-bond donors (Lipinski definition) is 1. The van der Waals surface area contributed by atoms with Gasteiger partial charge in [-0.3, -0.25) is 14.6 Å². The predicted molar refractivity (Wildman–Crippen MR) is 109 cm³/mol. The van der Waals surface area contributed by atoms with E-state index >= 15 is 0 Å². The fourth-order valence-corrected chi connectivity index (χ4v) is 3.40. The number of carbonyl (C=O) groups excluding carboxylic acids is 1. The van der Waals surface area contributed by atoms with E-state index in [-0.39, 0.29) is 24.4 Å². The number of pyridine rings is 1. The highest BCUT2D eigenvalue weighted by atomic mass is 19.1. The molecule has 2 heterocycles. The first-order valence-electron chi connectivity index (χ1n) is 9.87. The number of nitrogens with zero attached hydrogens (tertiary/aromatic N) is 3. The molecule has 162 valence electrons. The molecule has 1 amide bonds. The van der Waals surface area contributed by atoms with Crippen molar-refractivity contribution in [2.45, 2.75) is 26.2 Å². The molecule has 0 atom stereocenters. The number of rotatable bonds is 5. The molecule has 1 aliphatic rings. The van der Waals surface area contributed by atoms with Crippen molar-refractivity contribution in [2.24, 2.45) is 0 Å². The Bertz CT molecular complexity index is 848. The number of carboxylic acid groups (broad SMARTS) is 1. The molecule has 6 nitrogen and oxygen atoms in total. The molecular formula is C22H27F2N3O3. The Balaban J connectivity index is 0.00000101. The van der Waals surface area contributed by atoms with Crippen molar-refractivity contribution >= 4 is 12.4 Å². The van der Waals surface area contributed by atoms with Crippen LogP contribution in [0, 0.1) is 18.6 Å². The van der Waals surface area contributed by atoms with E-state index in [4.69, 9.17) is 9.90 Å². The maximum atomic E-state index is 13.8. The van der Waals surface area contributed by atoms with Gasteiger partial charge in [-0.1, -0.05) is 12.1 Å². The summed E-state index contributed by atoms with van der Waals surface area (Å²) in [6.45, 7) is 5.67. The van der Waals surface area contributed by atoms with Crippen molar-refractivity contribution in [3.05, 3.63) is 65.0 Å². The Morgan fingerprint density at radius 2 is 1.93 bits per heavy atom. The minimum absolute atomic E-state index is 0.0284. The van der Waals surface area contributed by atoms with Crippen LogP contribution in [0.1, 0.15) is 23.4 Å². The quantitative estimate of drug-likeness (QED) is 0.755. The Morgan fingerprint density at radius 3 is 2.63 bits per heavy atom. The van der Waals surface area contributed by atoms with Crippen LogP contribution in [-0.4, -0.2) is 65.0 Å². The summed E-state index contributed by atoms with van der Waals surface area (Å²) in [6.07, 6.45) is 1.74. The van der Waals surface area contributed by atoms with Crippen molar-refractivity contribution < 1.29 is 23.5 Å². The summed E-state index contributed by atoms with van der Waals surface area (Å²) < 4.78 is 26.8. The molecule has 1 saturated heterocycles. The molecule has 0 bridgehead atoms. The second kappa shape index (κ2) is 12.0. The summed E-state index contributed by atoms with van der Waals surface area (Å²) in [5.74, 6) is -1.40. The Morgan fingerprint density at radius 1 is 1.17 bits per heavy atom. The summed E-state index contributed by atoms with van der Waals surface area (Å²) in [5.41, 5.74) is 2.35. The van der Waals surface area contributed by atoms with Gasteiger partial charge in [-0.15, -0.1) is 0 Å². The molecule has 8 heteroatoms. The predicted octanol–water partition coefficient (Wildman–Crippen LogP) is 2.69. The molecule has 3 rings (SSSR count). The van der Waals surface area contributed by atoms with Crippen LogP contribution < -0.4 is 0 Å². The lowest BCUT2D eigenvalue weighted by molar-refractivity contribution is -0.130. The van der Waals surface area contributed by atoms with E-state index in [0.717, 1.165) is 49.9 Å². The van der Waals surface area contributed by atoms with Gasteiger partial charge in [-0.25, -0.2) is 8.78 Å². The molecule has 0 spiro atoms. The fourth-order valence-electron chi connectivity index (χ4n) is 3.40. The minimum Gasteiger partial charge on any atom is -0.483 e. The van der Waals surface area contributed by atoms with Gasteiger partial charge in [-0.05, 0) is 43.7 Å². The number of aromatic nitrogens is 1. The molecule has 2 aromatic rings. The van der Waals surface area contributed by atoms with Gasteiger partial charge in [0.1, 0.15) is 11.6 Å². The Labute approximate surface area is 175 Å². The number of hydrogen-bond acceptors (Lipinski definition) is 4. The number of carbonyl (C=O) groups is 2. The topological polar surface area (TPSA) is 73.7 Å². The van der Waals surface area contributed by atoms with Crippen molar-refractivity contribution in [1.29, 1.82) is 0 Å². The molecule has 0 aliphatic carbocycles. The number of amides is 1. The normalized spacial score (nSPS) is 14.4. The summed E-state index contributed by atoms with van der Waals surface area (Å²) in [7, 11) is 0. The highest BCUT2D eigenvalue weighted by molar-refractivity contribution is 5.78. The van der Waals surface area contributed by atoms with Crippen molar-refractivity contribution in [1.82, 2.24) is 14.8 Å². The van der Waals surface area contributed by atoms with E-state index in [0.29, 0.717) is 13.1 Å². The van der Waals surface area contributed by atoms with Crippen LogP contribution in [0.2, 0.25) is 0 Å².